The number of piperidine rings is 1. The minimum atomic E-state index is -2.55. The van der Waals surface area contributed by atoms with E-state index in [9.17, 15) is 13.6 Å². The lowest BCUT2D eigenvalue weighted by atomic mass is 9.94. The SMILES string of the molecule is O=c1c(Br)c(C2CCNCC2)ncn1CC(F)F. The number of nitrogens with one attached hydrogen (secondary N) is 1. The Hall–Kier alpha value is -0.820. The monoisotopic (exact) mass is 321 g/mol. The molecule has 1 aromatic rings. The maximum Gasteiger partial charge on any atom is 0.268 e. The lowest BCUT2D eigenvalue weighted by Crippen LogP contribution is -2.30. The summed E-state index contributed by atoms with van der Waals surface area (Å²) < 4.78 is 25.8. The molecule has 7 heteroatoms. The number of nitrogens with zero attached hydrogens (tertiary/aromatic N) is 2. The Kier molecular flexibility index (Phi) is 4.45. The minimum Gasteiger partial charge on any atom is -0.317 e. The van der Waals surface area contributed by atoms with E-state index in [0.717, 1.165) is 30.5 Å². The molecular weight excluding hydrogens is 308 g/mol. The van der Waals surface area contributed by atoms with Gasteiger partial charge in [0.15, 0.2) is 0 Å². The zero-order valence-corrected chi connectivity index (χ0v) is 11.3. The average Bonchev–Trinajstić information content (AvgIpc) is 2.36. The van der Waals surface area contributed by atoms with Crippen molar-refractivity contribution < 1.29 is 8.78 Å². The normalized spacial score (nSPS) is 17.3. The van der Waals surface area contributed by atoms with E-state index in [1.54, 1.807) is 0 Å². The molecule has 1 saturated heterocycles. The molecule has 1 fully saturated rings. The summed E-state index contributed by atoms with van der Waals surface area (Å²) >= 11 is 3.20. The van der Waals surface area contributed by atoms with Gasteiger partial charge in [-0.25, -0.2) is 13.8 Å². The first-order chi connectivity index (χ1) is 8.59. The number of hydrogen-bond donors (Lipinski definition) is 1. The first kappa shape index (κ1) is 13.6. The molecule has 0 aromatic carbocycles. The minimum absolute atomic E-state index is 0.217. The summed E-state index contributed by atoms with van der Waals surface area (Å²) in [7, 11) is 0. The van der Waals surface area contributed by atoms with Gasteiger partial charge in [0.1, 0.15) is 4.47 Å². The highest BCUT2D eigenvalue weighted by Gasteiger charge is 2.21. The van der Waals surface area contributed by atoms with Gasteiger partial charge in [-0.2, -0.15) is 0 Å². The van der Waals surface area contributed by atoms with Crippen LogP contribution in [-0.4, -0.2) is 29.1 Å². The fourth-order valence-corrected chi connectivity index (χ4v) is 2.79. The van der Waals surface area contributed by atoms with Crippen molar-refractivity contribution in [3.63, 3.8) is 0 Å². The Morgan fingerprint density at radius 3 is 2.78 bits per heavy atom. The molecule has 0 spiro atoms. The lowest BCUT2D eigenvalue weighted by Gasteiger charge is -2.23. The van der Waals surface area contributed by atoms with Crippen LogP contribution in [0.2, 0.25) is 0 Å². The second-order valence-corrected chi connectivity index (χ2v) is 5.11. The van der Waals surface area contributed by atoms with Crippen LogP contribution in [0.1, 0.15) is 24.5 Å². The third kappa shape index (κ3) is 2.95. The van der Waals surface area contributed by atoms with E-state index in [1.165, 1.54) is 6.33 Å². The van der Waals surface area contributed by atoms with E-state index in [1.807, 2.05) is 0 Å². The lowest BCUT2D eigenvalue weighted by molar-refractivity contribution is 0.124. The fraction of sp³-hybridized carbons (Fsp3) is 0.636. The summed E-state index contributed by atoms with van der Waals surface area (Å²) in [6, 6.07) is 0. The van der Waals surface area contributed by atoms with Gasteiger partial charge in [0.05, 0.1) is 18.6 Å². The number of aromatic nitrogens is 2. The molecule has 0 saturated carbocycles. The topological polar surface area (TPSA) is 46.9 Å². The first-order valence-electron chi connectivity index (χ1n) is 5.83. The molecule has 2 heterocycles. The predicted molar refractivity (Wildman–Crippen MR) is 67.0 cm³/mol. The summed E-state index contributed by atoms with van der Waals surface area (Å²) in [5, 5.41) is 3.23. The molecule has 0 amide bonds. The van der Waals surface area contributed by atoms with Crippen molar-refractivity contribution in [3.05, 3.63) is 26.8 Å². The van der Waals surface area contributed by atoms with Gasteiger partial charge in [0.2, 0.25) is 0 Å². The maximum absolute atomic E-state index is 12.3. The van der Waals surface area contributed by atoms with Gasteiger partial charge in [-0.3, -0.25) is 9.36 Å². The largest absolute Gasteiger partial charge is 0.317 e. The van der Waals surface area contributed by atoms with Crippen LogP contribution in [0.3, 0.4) is 0 Å². The van der Waals surface area contributed by atoms with Crippen LogP contribution in [0.25, 0.3) is 0 Å². The quantitative estimate of drug-likeness (QED) is 0.922. The first-order valence-corrected chi connectivity index (χ1v) is 6.62. The molecule has 1 aliphatic heterocycles. The van der Waals surface area contributed by atoms with Gasteiger partial charge in [0, 0.05) is 5.92 Å². The fourth-order valence-electron chi connectivity index (χ4n) is 2.14. The van der Waals surface area contributed by atoms with E-state index >= 15 is 0 Å². The summed E-state index contributed by atoms with van der Waals surface area (Å²) in [5.74, 6) is 0.217. The zero-order chi connectivity index (χ0) is 13.1. The highest BCUT2D eigenvalue weighted by Crippen LogP contribution is 2.27. The van der Waals surface area contributed by atoms with Crippen LogP contribution in [-0.2, 0) is 6.54 Å². The molecule has 0 unspecified atom stereocenters. The van der Waals surface area contributed by atoms with Crippen molar-refractivity contribution in [2.45, 2.75) is 31.7 Å². The van der Waals surface area contributed by atoms with Crippen LogP contribution in [0.4, 0.5) is 8.78 Å². The smallest absolute Gasteiger partial charge is 0.268 e. The summed E-state index contributed by atoms with van der Waals surface area (Å²) in [6.45, 7) is 1.16. The molecule has 18 heavy (non-hydrogen) atoms. The third-order valence-corrected chi connectivity index (χ3v) is 3.82. The molecule has 1 aliphatic rings. The molecule has 1 aromatic heterocycles. The Morgan fingerprint density at radius 1 is 1.50 bits per heavy atom. The molecule has 100 valence electrons. The van der Waals surface area contributed by atoms with Gasteiger partial charge >= 0.3 is 0 Å². The number of alkyl halides is 2. The molecule has 0 bridgehead atoms. The predicted octanol–water partition coefficient (Wildman–Crippen LogP) is 1.74. The van der Waals surface area contributed by atoms with Gasteiger partial charge < -0.3 is 5.32 Å². The molecule has 4 nitrogen and oxygen atoms in total. The van der Waals surface area contributed by atoms with Crippen LogP contribution in [0, 0.1) is 0 Å². The Morgan fingerprint density at radius 2 is 2.17 bits per heavy atom. The van der Waals surface area contributed by atoms with Crippen molar-refractivity contribution in [2.24, 2.45) is 0 Å². The van der Waals surface area contributed by atoms with Gasteiger partial charge in [-0.05, 0) is 41.9 Å². The van der Waals surface area contributed by atoms with E-state index in [2.05, 4.69) is 26.2 Å². The van der Waals surface area contributed by atoms with Crippen molar-refractivity contribution in [3.8, 4) is 0 Å². The van der Waals surface area contributed by atoms with Gasteiger partial charge in [-0.1, -0.05) is 0 Å². The summed E-state index contributed by atoms with van der Waals surface area (Å²) in [6.07, 6.45) is 0.478. The number of hydrogen-bond acceptors (Lipinski definition) is 3. The number of halogens is 3. The van der Waals surface area contributed by atoms with Crippen molar-refractivity contribution >= 4 is 15.9 Å². The molecule has 0 atom stereocenters. The summed E-state index contributed by atoms with van der Waals surface area (Å²) in [5.41, 5.74) is 0.255. The third-order valence-electron chi connectivity index (χ3n) is 3.07. The molecule has 1 N–H and O–H groups in total. The van der Waals surface area contributed by atoms with E-state index in [-0.39, 0.29) is 5.92 Å². The molecule has 0 aliphatic carbocycles. The van der Waals surface area contributed by atoms with Crippen LogP contribution < -0.4 is 10.9 Å². The van der Waals surface area contributed by atoms with Gasteiger partial charge in [-0.15, -0.1) is 0 Å². The highest BCUT2D eigenvalue weighted by atomic mass is 79.9. The molecular formula is C11H14BrF2N3O. The second kappa shape index (κ2) is 5.88. The van der Waals surface area contributed by atoms with E-state index in [0.29, 0.717) is 10.2 Å². The zero-order valence-electron chi connectivity index (χ0n) is 9.70. The standard InChI is InChI=1S/C11H14BrF2N3O/c12-9-10(7-1-3-15-4-2-7)16-6-17(11(9)18)5-8(13)14/h6-8,15H,1-5H2. The van der Waals surface area contributed by atoms with E-state index in [4.69, 9.17) is 0 Å². The van der Waals surface area contributed by atoms with Crippen molar-refractivity contribution in [1.82, 2.24) is 14.9 Å². The van der Waals surface area contributed by atoms with Gasteiger partial charge in [0.25, 0.3) is 12.0 Å². The molecule has 0 radical (unpaired) electrons. The Labute approximate surface area is 112 Å². The van der Waals surface area contributed by atoms with Crippen molar-refractivity contribution in [2.75, 3.05) is 13.1 Å². The average molecular weight is 322 g/mol. The highest BCUT2D eigenvalue weighted by molar-refractivity contribution is 9.10. The number of rotatable bonds is 3. The van der Waals surface area contributed by atoms with Crippen LogP contribution in [0.5, 0.6) is 0 Å². The Bertz CT molecular complexity index is 472. The maximum atomic E-state index is 12.3. The van der Waals surface area contributed by atoms with Crippen LogP contribution >= 0.6 is 15.9 Å². The second-order valence-electron chi connectivity index (χ2n) is 4.32. The van der Waals surface area contributed by atoms with Crippen LogP contribution in [0.15, 0.2) is 15.6 Å². The van der Waals surface area contributed by atoms with E-state index < -0.39 is 18.5 Å². The summed E-state index contributed by atoms with van der Waals surface area (Å²) in [4.78, 5) is 16.1. The Balaban J connectivity index is 2.28. The molecule has 2 rings (SSSR count). The van der Waals surface area contributed by atoms with Crippen molar-refractivity contribution in [1.29, 1.82) is 0 Å².